The number of piperazine rings is 1. The third-order valence-electron chi connectivity index (χ3n) is 6.32. The van der Waals surface area contributed by atoms with Crippen LogP contribution < -0.4 is 0 Å². The predicted octanol–water partition coefficient (Wildman–Crippen LogP) is 5.03. The molecule has 0 saturated carbocycles. The van der Waals surface area contributed by atoms with E-state index < -0.39 is 0 Å². The molecule has 0 amide bonds. The van der Waals surface area contributed by atoms with Crippen molar-refractivity contribution in [2.75, 3.05) is 33.2 Å². The number of likely N-dealkylation sites (N-methyl/N-ethyl adjacent to an activating group) is 1. The van der Waals surface area contributed by atoms with Crippen LogP contribution in [0, 0.1) is 11.7 Å². The van der Waals surface area contributed by atoms with Crippen molar-refractivity contribution in [3.63, 3.8) is 0 Å². The third kappa shape index (κ3) is 4.57. The highest BCUT2D eigenvalue weighted by Gasteiger charge is 2.29. The zero-order chi connectivity index (χ0) is 22.0. The number of halogens is 1. The standard InChI is InChI=1S/C26H31FN4/c1-19-5-7-23(8-6-19)25(20(2)22-9-11-24(27)12-10-22)31-14-13-28-26(21(31)3)30-17-15-29(4)16-18-30/h5-7,9-14,23H,3,8,15-18H2,1-2,4H3/b25-20+. The number of aliphatic imine (C=N–C) groups is 1. The zero-order valence-electron chi connectivity index (χ0n) is 18.7. The Morgan fingerprint density at radius 1 is 1.13 bits per heavy atom. The summed E-state index contributed by atoms with van der Waals surface area (Å²) in [5.74, 6) is 0.925. The lowest BCUT2D eigenvalue weighted by atomic mass is 9.89. The molecule has 0 aromatic heterocycles. The van der Waals surface area contributed by atoms with Crippen molar-refractivity contribution >= 4 is 11.4 Å². The number of hydrogen-bond donors (Lipinski definition) is 0. The summed E-state index contributed by atoms with van der Waals surface area (Å²) in [6.45, 7) is 12.6. The first-order valence-corrected chi connectivity index (χ1v) is 10.9. The van der Waals surface area contributed by atoms with Gasteiger partial charge in [-0.3, -0.25) is 0 Å². The van der Waals surface area contributed by atoms with Gasteiger partial charge in [0.15, 0.2) is 5.84 Å². The Balaban J connectivity index is 1.70. The minimum Gasteiger partial charge on any atom is -0.352 e. The summed E-state index contributed by atoms with van der Waals surface area (Å²) in [4.78, 5) is 11.5. The molecule has 2 heterocycles. The fourth-order valence-electron chi connectivity index (χ4n) is 4.37. The number of benzene rings is 1. The van der Waals surface area contributed by atoms with Gasteiger partial charge in [-0.25, -0.2) is 9.38 Å². The quantitative estimate of drug-likeness (QED) is 0.688. The molecular weight excluding hydrogens is 387 g/mol. The molecule has 1 atom stereocenters. The molecule has 5 heteroatoms. The van der Waals surface area contributed by atoms with E-state index in [1.807, 2.05) is 24.5 Å². The lowest BCUT2D eigenvalue weighted by molar-refractivity contribution is 0.213. The van der Waals surface area contributed by atoms with Crippen LogP contribution in [0.4, 0.5) is 4.39 Å². The van der Waals surface area contributed by atoms with Crippen molar-refractivity contribution in [1.29, 1.82) is 0 Å². The van der Waals surface area contributed by atoms with E-state index in [1.54, 1.807) is 0 Å². The van der Waals surface area contributed by atoms with Crippen molar-refractivity contribution < 1.29 is 4.39 Å². The maximum atomic E-state index is 13.6. The summed E-state index contributed by atoms with van der Waals surface area (Å²) in [7, 11) is 2.15. The maximum Gasteiger partial charge on any atom is 0.152 e. The van der Waals surface area contributed by atoms with E-state index in [-0.39, 0.29) is 11.7 Å². The minimum atomic E-state index is -0.221. The molecule has 162 valence electrons. The van der Waals surface area contributed by atoms with Gasteiger partial charge in [-0.1, -0.05) is 42.5 Å². The monoisotopic (exact) mass is 418 g/mol. The number of allylic oxidation sites excluding steroid dienone is 5. The average Bonchev–Trinajstić information content (AvgIpc) is 2.77. The van der Waals surface area contributed by atoms with Gasteiger partial charge in [0.2, 0.25) is 0 Å². The van der Waals surface area contributed by atoms with E-state index in [0.717, 1.165) is 61.0 Å². The van der Waals surface area contributed by atoms with Crippen LogP contribution in [0.1, 0.15) is 25.8 Å². The van der Waals surface area contributed by atoms with Gasteiger partial charge in [0.05, 0.1) is 5.70 Å². The van der Waals surface area contributed by atoms with E-state index in [0.29, 0.717) is 0 Å². The Hall–Kier alpha value is -2.92. The number of hydrogen-bond acceptors (Lipinski definition) is 4. The summed E-state index contributed by atoms with van der Waals surface area (Å²) >= 11 is 0. The lowest BCUT2D eigenvalue weighted by Crippen LogP contribution is -2.49. The van der Waals surface area contributed by atoms with Crippen LogP contribution in [0.25, 0.3) is 5.57 Å². The van der Waals surface area contributed by atoms with Gasteiger partial charge >= 0.3 is 0 Å². The number of rotatable bonds is 3. The fourth-order valence-corrected chi connectivity index (χ4v) is 4.37. The molecule has 2 aliphatic heterocycles. The predicted molar refractivity (Wildman–Crippen MR) is 127 cm³/mol. The van der Waals surface area contributed by atoms with Crippen molar-refractivity contribution in [1.82, 2.24) is 14.7 Å². The lowest BCUT2D eigenvalue weighted by Gasteiger charge is -2.40. The minimum absolute atomic E-state index is 0.210. The second-order valence-corrected chi connectivity index (χ2v) is 8.52. The topological polar surface area (TPSA) is 22.1 Å². The van der Waals surface area contributed by atoms with E-state index in [4.69, 9.17) is 4.99 Å². The highest BCUT2D eigenvalue weighted by molar-refractivity contribution is 5.99. The van der Waals surface area contributed by atoms with Crippen LogP contribution in [0.15, 0.2) is 83.4 Å². The molecule has 1 aromatic carbocycles. The average molecular weight is 419 g/mol. The third-order valence-corrected chi connectivity index (χ3v) is 6.32. The van der Waals surface area contributed by atoms with Gasteiger partial charge in [-0.2, -0.15) is 0 Å². The Bertz CT molecular complexity index is 989. The first-order chi connectivity index (χ1) is 14.9. The summed E-state index contributed by atoms with van der Waals surface area (Å²) < 4.78 is 13.6. The number of amidine groups is 1. The fraction of sp³-hybridized carbons (Fsp3) is 0.346. The SMILES string of the molecule is C=C1C(N2CCN(C)CC2)=NC=CN1/C(=C(\C)c1ccc(F)cc1)C1C=CC(C)=CC1. The smallest absolute Gasteiger partial charge is 0.152 e. The molecule has 3 aliphatic rings. The summed E-state index contributed by atoms with van der Waals surface area (Å²) in [5.41, 5.74) is 5.47. The molecule has 1 aliphatic carbocycles. The molecule has 1 fully saturated rings. The van der Waals surface area contributed by atoms with Crippen molar-refractivity contribution in [2.45, 2.75) is 20.3 Å². The van der Waals surface area contributed by atoms with Gasteiger partial charge in [0.1, 0.15) is 5.82 Å². The molecule has 0 radical (unpaired) electrons. The van der Waals surface area contributed by atoms with Crippen LogP contribution in [0.2, 0.25) is 0 Å². The molecule has 0 spiro atoms. The highest BCUT2D eigenvalue weighted by Crippen LogP contribution is 2.36. The van der Waals surface area contributed by atoms with Gasteiger partial charge in [-0.15, -0.1) is 0 Å². The molecule has 31 heavy (non-hydrogen) atoms. The van der Waals surface area contributed by atoms with Gasteiger partial charge in [0.25, 0.3) is 0 Å². The molecule has 1 saturated heterocycles. The van der Waals surface area contributed by atoms with E-state index in [2.05, 4.69) is 60.4 Å². The Labute approximate surface area is 185 Å². The molecule has 4 nitrogen and oxygen atoms in total. The van der Waals surface area contributed by atoms with Crippen molar-refractivity contribution in [2.24, 2.45) is 10.9 Å². The molecular formula is C26H31FN4. The second kappa shape index (κ2) is 9.06. The van der Waals surface area contributed by atoms with Crippen LogP contribution in [-0.4, -0.2) is 53.8 Å². The first kappa shape index (κ1) is 21.3. The Morgan fingerprint density at radius 3 is 2.48 bits per heavy atom. The van der Waals surface area contributed by atoms with Crippen molar-refractivity contribution in [3.05, 3.63) is 89.8 Å². The highest BCUT2D eigenvalue weighted by atomic mass is 19.1. The molecule has 0 N–H and O–H groups in total. The summed E-state index contributed by atoms with van der Waals surface area (Å²) in [6.07, 6.45) is 11.5. The van der Waals surface area contributed by atoms with Crippen LogP contribution >= 0.6 is 0 Å². The largest absolute Gasteiger partial charge is 0.352 e. The van der Waals surface area contributed by atoms with Crippen LogP contribution in [0.3, 0.4) is 0 Å². The number of nitrogens with zero attached hydrogens (tertiary/aromatic N) is 4. The van der Waals surface area contributed by atoms with E-state index in [1.165, 1.54) is 17.7 Å². The molecule has 1 aromatic rings. The Kier molecular flexibility index (Phi) is 6.23. The van der Waals surface area contributed by atoms with Crippen LogP contribution in [0.5, 0.6) is 0 Å². The van der Waals surface area contributed by atoms with Gasteiger partial charge in [-0.05, 0) is 50.6 Å². The van der Waals surface area contributed by atoms with Gasteiger partial charge < -0.3 is 14.7 Å². The maximum absolute atomic E-state index is 13.6. The second-order valence-electron chi connectivity index (χ2n) is 8.52. The summed E-state index contributed by atoms with van der Waals surface area (Å²) in [5, 5.41) is 0. The van der Waals surface area contributed by atoms with Crippen molar-refractivity contribution in [3.8, 4) is 0 Å². The molecule has 1 unspecified atom stereocenters. The van der Waals surface area contributed by atoms with Gasteiger partial charge in [0, 0.05) is 50.2 Å². The molecule has 4 rings (SSSR count). The molecule has 0 bridgehead atoms. The normalized spacial score (nSPS) is 23.0. The van der Waals surface area contributed by atoms with E-state index >= 15 is 0 Å². The Morgan fingerprint density at radius 2 is 1.84 bits per heavy atom. The van der Waals surface area contributed by atoms with Crippen LogP contribution in [-0.2, 0) is 0 Å². The zero-order valence-corrected chi connectivity index (χ0v) is 18.7. The summed E-state index contributed by atoms with van der Waals surface area (Å²) in [6, 6.07) is 6.75. The van der Waals surface area contributed by atoms with E-state index in [9.17, 15) is 4.39 Å². The first-order valence-electron chi connectivity index (χ1n) is 10.9.